The minimum absolute atomic E-state index is 0.194. The molecule has 1 aromatic heterocycles. The first-order chi connectivity index (χ1) is 10.1. The second kappa shape index (κ2) is 7.42. The molecular weight excluding hydrogens is 304 g/mol. The van der Waals surface area contributed by atoms with Gasteiger partial charge in [0.15, 0.2) is 4.34 Å². The molecule has 0 fully saturated rings. The lowest BCUT2D eigenvalue weighted by atomic mass is 10.0. The molecule has 1 heterocycles. The summed E-state index contributed by atoms with van der Waals surface area (Å²) in [4.78, 5) is 13.0. The van der Waals surface area contributed by atoms with Crippen LogP contribution in [0.5, 0.6) is 0 Å². The molecular formula is C14H18N4OS2. The molecule has 7 heteroatoms. The van der Waals surface area contributed by atoms with Crippen LogP contribution in [-0.2, 0) is 0 Å². The Morgan fingerprint density at radius 2 is 2.10 bits per heavy atom. The van der Waals surface area contributed by atoms with E-state index in [1.807, 2.05) is 6.07 Å². The summed E-state index contributed by atoms with van der Waals surface area (Å²) >= 11 is 3.10. The van der Waals surface area contributed by atoms with Crippen LogP contribution in [0.3, 0.4) is 0 Å². The second-order valence-electron chi connectivity index (χ2n) is 4.59. The predicted octanol–water partition coefficient (Wildman–Crippen LogP) is 3.21. The van der Waals surface area contributed by atoms with Gasteiger partial charge in [-0.15, -0.1) is 10.2 Å². The molecule has 0 aliphatic heterocycles. The van der Waals surface area contributed by atoms with Crippen LogP contribution in [0.1, 0.15) is 18.4 Å². The summed E-state index contributed by atoms with van der Waals surface area (Å²) in [5.41, 5.74) is 1.32. The Bertz CT molecular complexity index is 588. The van der Waals surface area contributed by atoms with Gasteiger partial charge in [0.1, 0.15) is 0 Å². The maximum absolute atomic E-state index is 11.5. The van der Waals surface area contributed by atoms with Gasteiger partial charge in [-0.3, -0.25) is 4.90 Å². The number of urea groups is 1. The third-order valence-electron chi connectivity index (χ3n) is 3.03. The van der Waals surface area contributed by atoms with Crippen molar-refractivity contribution in [3.8, 4) is 0 Å². The van der Waals surface area contributed by atoms with E-state index in [4.69, 9.17) is 0 Å². The van der Waals surface area contributed by atoms with Gasteiger partial charge in [-0.1, -0.05) is 60.4 Å². The number of thioether (sulfide) groups is 1. The van der Waals surface area contributed by atoms with E-state index >= 15 is 0 Å². The van der Waals surface area contributed by atoms with Crippen molar-refractivity contribution in [1.82, 2.24) is 15.5 Å². The molecule has 0 spiro atoms. The van der Waals surface area contributed by atoms with Gasteiger partial charge in [0.25, 0.3) is 0 Å². The molecule has 0 radical (unpaired) electrons. The van der Waals surface area contributed by atoms with Crippen molar-refractivity contribution in [1.29, 1.82) is 0 Å². The van der Waals surface area contributed by atoms with Gasteiger partial charge < -0.3 is 5.32 Å². The first-order valence-electron chi connectivity index (χ1n) is 6.58. The number of anilines is 1. The van der Waals surface area contributed by atoms with Crippen LogP contribution in [0, 0.1) is 0 Å². The smallest absolute Gasteiger partial charge is 0.323 e. The molecule has 0 aliphatic carbocycles. The summed E-state index contributed by atoms with van der Waals surface area (Å²) in [6.45, 7) is 2.20. The summed E-state index contributed by atoms with van der Waals surface area (Å²) in [5, 5.41) is 11.3. The number of carbonyl (C=O) groups excluding carboxylic acids is 1. The Morgan fingerprint density at radius 3 is 2.76 bits per heavy atom. The molecule has 112 valence electrons. The van der Waals surface area contributed by atoms with Crippen molar-refractivity contribution < 1.29 is 4.79 Å². The zero-order valence-electron chi connectivity index (χ0n) is 12.2. The Labute approximate surface area is 132 Å². The fourth-order valence-electron chi connectivity index (χ4n) is 1.73. The van der Waals surface area contributed by atoms with E-state index in [2.05, 4.69) is 46.7 Å². The average Bonchev–Trinajstić information content (AvgIpc) is 3.00. The number of hydrogen-bond donors (Lipinski definition) is 1. The fraction of sp³-hybridized carbons (Fsp3) is 0.357. The molecule has 0 saturated heterocycles. The van der Waals surface area contributed by atoms with E-state index in [0.717, 1.165) is 10.1 Å². The SMILES string of the molecule is CNC(=O)N(C)c1nnc(SCC(C)c2ccccc2)s1. The van der Waals surface area contributed by atoms with E-state index in [1.165, 1.54) is 21.8 Å². The number of benzene rings is 1. The lowest BCUT2D eigenvalue weighted by Crippen LogP contribution is -2.34. The number of carbonyl (C=O) groups is 1. The molecule has 21 heavy (non-hydrogen) atoms. The summed E-state index contributed by atoms with van der Waals surface area (Å²) in [5.74, 6) is 1.38. The molecule has 2 rings (SSSR count). The van der Waals surface area contributed by atoms with E-state index < -0.39 is 0 Å². The maximum Gasteiger partial charge on any atom is 0.323 e. The van der Waals surface area contributed by atoms with E-state index in [0.29, 0.717) is 11.0 Å². The number of rotatable bonds is 5. The highest BCUT2D eigenvalue weighted by atomic mass is 32.2. The lowest BCUT2D eigenvalue weighted by molar-refractivity contribution is 0.249. The van der Waals surface area contributed by atoms with E-state index in [-0.39, 0.29) is 6.03 Å². The monoisotopic (exact) mass is 322 g/mol. The van der Waals surface area contributed by atoms with Crippen LogP contribution >= 0.6 is 23.1 Å². The van der Waals surface area contributed by atoms with Gasteiger partial charge >= 0.3 is 6.03 Å². The summed E-state index contributed by atoms with van der Waals surface area (Å²) in [7, 11) is 3.28. The van der Waals surface area contributed by atoms with Crippen molar-refractivity contribution in [2.24, 2.45) is 0 Å². The fourth-order valence-corrected chi connectivity index (χ4v) is 3.61. The van der Waals surface area contributed by atoms with Gasteiger partial charge in [0.05, 0.1) is 0 Å². The molecule has 1 N–H and O–H groups in total. The Morgan fingerprint density at radius 1 is 1.38 bits per heavy atom. The largest absolute Gasteiger partial charge is 0.341 e. The quantitative estimate of drug-likeness (QED) is 0.678. The molecule has 2 aromatic rings. The van der Waals surface area contributed by atoms with Crippen LogP contribution < -0.4 is 10.2 Å². The van der Waals surface area contributed by atoms with Crippen LogP contribution in [0.4, 0.5) is 9.93 Å². The van der Waals surface area contributed by atoms with Crippen LogP contribution in [-0.4, -0.2) is 36.1 Å². The average molecular weight is 322 g/mol. The van der Waals surface area contributed by atoms with Crippen molar-refractivity contribution in [2.45, 2.75) is 17.2 Å². The van der Waals surface area contributed by atoms with Crippen LogP contribution in [0.25, 0.3) is 0 Å². The van der Waals surface area contributed by atoms with Gasteiger partial charge in [0, 0.05) is 19.8 Å². The molecule has 0 bridgehead atoms. The van der Waals surface area contributed by atoms with Crippen LogP contribution in [0.2, 0.25) is 0 Å². The second-order valence-corrected chi connectivity index (χ2v) is 6.81. The minimum atomic E-state index is -0.194. The lowest BCUT2D eigenvalue weighted by Gasteiger charge is -2.11. The zero-order chi connectivity index (χ0) is 15.2. The molecule has 5 nitrogen and oxygen atoms in total. The van der Waals surface area contributed by atoms with Crippen molar-refractivity contribution in [2.75, 3.05) is 24.7 Å². The Balaban J connectivity index is 1.93. The number of nitrogens with one attached hydrogen (secondary N) is 1. The van der Waals surface area contributed by atoms with Gasteiger partial charge in [-0.05, 0) is 11.5 Å². The molecule has 1 atom stereocenters. The highest BCUT2D eigenvalue weighted by Gasteiger charge is 2.15. The highest BCUT2D eigenvalue weighted by Crippen LogP contribution is 2.31. The predicted molar refractivity (Wildman–Crippen MR) is 88.3 cm³/mol. The molecule has 0 aliphatic rings. The molecule has 0 saturated carbocycles. The zero-order valence-corrected chi connectivity index (χ0v) is 13.9. The third-order valence-corrected chi connectivity index (χ3v) is 5.42. The Hall–Kier alpha value is -1.60. The Kier molecular flexibility index (Phi) is 5.58. The van der Waals surface area contributed by atoms with Crippen LogP contribution in [0.15, 0.2) is 34.7 Å². The number of hydrogen-bond acceptors (Lipinski definition) is 5. The van der Waals surface area contributed by atoms with Crippen molar-refractivity contribution in [3.63, 3.8) is 0 Å². The van der Waals surface area contributed by atoms with Gasteiger partial charge in [-0.25, -0.2) is 4.79 Å². The summed E-state index contributed by atoms with van der Waals surface area (Å²) < 4.78 is 0.878. The number of nitrogens with zero attached hydrogens (tertiary/aromatic N) is 3. The molecule has 1 unspecified atom stereocenters. The summed E-state index contributed by atoms with van der Waals surface area (Å²) in [6.07, 6.45) is 0. The number of aromatic nitrogens is 2. The topological polar surface area (TPSA) is 58.1 Å². The molecule has 2 amide bonds. The van der Waals surface area contributed by atoms with Crippen molar-refractivity contribution >= 4 is 34.3 Å². The highest BCUT2D eigenvalue weighted by molar-refractivity contribution is 8.01. The van der Waals surface area contributed by atoms with E-state index in [1.54, 1.807) is 25.9 Å². The third kappa shape index (κ3) is 4.18. The van der Waals surface area contributed by atoms with Gasteiger partial charge in [0.2, 0.25) is 5.13 Å². The normalized spacial score (nSPS) is 12.0. The first-order valence-corrected chi connectivity index (χ1v) is 8.38. The number of amides is 2. The standard InChI is InChI=1S/C14H18N4OS2/c1-10(11-7-5-4-6-8-11)9-20-14-17-16-13(21-14)18(3)12(19)15-2/h4-8,10H,9H2,1-3H3,(H,15,19). The summed E-state index contributed by atoms with van der Waals surface area (Å²) in [6, 6.07) is 10.2. The first kappa shape index (κ1) is 15.8. The minimum Gasteiger partial charge on any atom is -0.341 e. The van der Waals surface area contributed by atoms with Gasteiger partial charge in [-0.2, -0.15) is 0 Å². The van der Waals surface area contributed by atoms with E-state index in [9.17, 15) is 4.79 Å². The van der Waals surface area contributed by atoms with Crippen molar-refractivity contribution in [3.05, 3.63) is 35.9 Å². The molecule has 1 aromatic carbocycles. The maximum atomic E-state index is 11.5.